The molecule has 2 amide bonds. The highest BCUT2D eigenvalue weighted by Gasteiger charge is 2.23. The van der Waals surface area contributed by atoms with Crippen molar-refractivity contribution in [1.82, 2.24) is 10.6 Å². The molecule has 0 heterocycles. The SMILES string of the molecule is CCCC(=O)NC(CCC(=O)NCCC(C)(C)OCCC(C)(C)OC)C(=O)O. The number of carbonyl (C=O) groups is 3. The first-order valence-electron chi connectivity index (χ1n) is 9.90. The van der Waals surface area contributed by atoms with Gasteiger partial charge in [-0.25, -0.2) is 4.79 Å². The Morgan fingerprint density at radius 3 is 2.18 bits per heavy atom. The van der Waals surface area contributed by atoms with Gasteiger partial charge >= 0.3 is 5.97 Å². The number of carboxylic acid groups (broad SMARTS) is 1. The molecule has 3 N–H and O–H groups in total. The van der Waals surface area contributed by atoms with Gasteiger partial charge in [0.1, 0.15) is 6.04 Å². The number of carbonyl (C=O) groups excluding carboxylic acids is 2. The van der Waals surface area contributed by atoms with E-state index in [9.17, 15) is 19.5 Å². The Bertz CT molecular complexity index is 505. The Hall–Kier alpha value is -1.67. The number of hydrogen-bond acceptors (Lipinski definition) is 5. The molecule has 0 aliphatic carbocycles. The smallest absolute Gasteiger partial charge is 0.326 e. The molecule has 0 aromatic rings. The van der Waals surface area contributed by atoms with Crippen LogP contribution >= 0.6 is 0 Å². The number of rotatable bonds is 15. The number of amides is 2. The summed E-state index contributed by atoms with van der Waals surface area (Å²) in [5.74, 6) is -1.69. The summed E-state index contributed by atoms with van der Waals surface area (Å²) in [6, 6.07) is -1.05. The molecule has 0 aliphatic heterocycles. The van der Waals surface area contributed by atoms with Gasteiger partial charge in [-0.05, 0) is 53.4 Å². The highest BCUT2D eigenvalue weighted by Crippen LogP contribution is 2.18. The summed E-state index contributed by atoms with van der Waals surface area (Å²) in [5.41, 5.74) is -0.633. The van der Waals surface area contributed by atoms with Crippen LogP contribution in [0, 0.1) is 0 Å². The van der Waals surface area contributed by atoms with Crippen molar-refractivity contribution in [2.24, 2.45) is 0 Å². The molecule has 0 bridgehead atoms. The first-order chi connectivity index (χ1) is 12.9. The number of methoxy groups -OCH3 is 1. The summed E-state index contributed by atoms with van der Waals surface area (Å²) in [5, 5.41) is 14.4. The quantitative estimate of drug-likeness (QED) is 0.387. The van der Waals surface area contributed by atoms with Gasteiger partial charge in [-0.15, -0.1) is 0 Å². The van der Waals surface area contributed by atoms with Crippen LogP contribution in [0.4, 0.5) is 0 Å². The van der Waals surface area contributed by atoms with E-state index in [2.05, 4.69) is 10.6 Å². The van der Waals surface area contributed by atoms with Crippen LogP contribution in [-0.2, 0) is 23.9 Å². The van der Waals surface area contributed by atoms with Crippen molar-refractivity contribution in [3.05, 3.63) is 0 Å². The molecule has 164 valence electrons. The van der Waals surface area contributed by atoms with E-state index in [-0.39, 0.29) is 36.7 Å². The molecule has 0 saturated heterocycles. The van der Waals surface area contributed by atoms with E-state index >= 15 is 0 Å². The Morgan fingerprint density at radius 2 is 1.64 bits per heavy atom. The Balaban J connectivity index is 4.18. The number of ether oxygens (including phenoxy) is 2. The van der Waals surface area contributed by atoms with E-state index in [1.807, 2.05) is 34.6 Å². The zero-order valence-corrected chi connectivity index (χ0v) is 18.2. The van der Waals surface area contributed by atoms with Gasteiger partial charge in [0.25, 0.3) is 0 Å². The van der Waals surface area contributed by atoms with E-state index in [0.29, 0.717) is 26.0 Å². The van der Waals surface area contributed by atoms with Crippen LogP contribution in [0.1, 0.15) is 73.1 Å². The molecule has 28 heavy (non-hydrogen) atoms. The monoisotopic (exact) mass is 402 g/mol. The Labute approximate surface area is 168 Å². The molecule has 0 spiro atoms. The van der Waals surface area contributed by atoms with Gasteiger partial charge in [-0.2, -0.15) is 0 Å². The lowest BCUT2D eigenvalue weighted by molar-refractivity contribution is -0.142. The maximum atomic E-state index is 12.0. The normalized spacial score (nSPS) is 13.1. The third-order valence-electron chi connectivity index (χ3n) is 4.57. The van der Waals surface area contributed by atoms with Crippen LogP contribution in [0.2, 0.25) is 0 Å². The highest BCUT2D eigenvalue weighted by molar-refractivity contribution is 5.84. The predicted molar refractivity (Wildman–Crippen MR) is 107 cm³/mol. The number of aliphatic carboxylic acids is 1. The molecule has 0 rings (SSSR count). The molecule has 1 atom stereocenters. The van der Waals surface area contributed by atoms with E-state index in [1.54, 1.807) is 7.11 Å². The number of carboxylic acids is 1. The van der Waals surface area contributed by atoms with Crippen LogP contribution in [0.15, 0.2) is 0 Å². The molecule has 0 aromatic carbocycles. The van der Waals surface area contributed by atoms with Crippen molar-refractivity contribution in [2.75, 3.05) is 20.3 Å². The van der Waals surface area contributed by atoms with E-state index in [4.69, 9.17) is 9.47 Å². The average molecular weight is 403 g/mol. The third kappa shape index (κ3) is 12.7. The topological polar surface area (TPSA) is 114 Å². The second kappa shape index (κ2) is 12.7. The van der Waals surface area contributed by atoms with Crippen molar-refractivity contribution in [2.45, 2.75) is 90.4 Å². The minimum atomic E-state index is -1.13. The molecule has 0 fully saturated rings. The van der Waals surface area contributed by atoms with Crippen molar-refractivity contribution in [3.8, 4) is 0 Å². The summed E-state index contributed by atoms with van der Waals surface area (Å²) in [4.78, 5) is 34.8. The summed E-state index contributed by atoms with van der Waals surface area (Å²) in [6.07, 6.45) is 2.39. The van der Waals surface area contributed by atoms with E-state index in [0.717, 1.165) is 6.42 Å². The average Bonchev–Trinajstić information content (AvgIpc) is 2.58. The summed E-state index contributed by atoms with van der Waals surface area (Å²) in [7, 11) is 1.67. The van der Waals surface area contributed by atoms with Crippen molar-refractivity contribution < 1.29 is 29.0 Å². The highest BCUT2D eigenvalue weighted by atomic mass is 16.5. The van der Waals surface area contributed by atoms with Crippen molar-refractivity contribution in [1.29, 1.82) is 0 Å². The lowest BCUT2D eigenvalue weighted by Gasteiger charge is -2.29. The largest absolute Gasteiger partial charge is 0.480 e. The summed E-state index contributed by atoms with van der Waals surface area (Å²) >= 11 is 0. The molecule has 8 heteroatoms. The minimum Gasteiger partial charge on any atom is -0.480 e. The second-order valence-electron chi connectivity index (χ2n) is 8.17. The van der Waals surface area contributed by atoms with Crippen molar-refractivity contribution in [3.63, 3.8) is 0 Å². The summed E-state index contributed by atoms with van der Waals surface area (Å²) in [6.45, 7) is 10.7. The molecule has 0 saturated carbocycles. The molecule has 1 unspecified atom stereocenters. The zero-order valence-electron chi connectivity index (χ0n) is 18.2. The van der Waals surface area contributed by atoms with Gasteiger partial charge in [0.2, 0.25) is 11.8 Å². The number of nitrogens with one attached hydrogen (secondary N) is 2. The third-order valence-corrected chi connectivity index (χ3v) is 4.57. The van der Waals surface area contributed by atoms with Crippen LogP contribution < -0.4 is 10.6 Å². The van der Waals surface area contributed by atoms with E-state index in [1.165, 1.54) is 0 Å². The van der Waals surface area contributed by atoms with Gasteiger partial charge in [-0.3, -0.25) is 9.59 Å². The maximum Gasteiger partial charge on any atom is 0.326 e. The fourth-order valence-corrected chi connectivity index (χ4v) is 2.37. The minimum absolute atomic E-state index is 0.0344. The molecular weight excluding hydrogens is 364 g/mol. The van der Waals surface area contributed by atoms with Gasteiger partial charge in [0.15, 0.2) is 0 Å². The first kappa shape index (κ1) is 26.3. The standard InChI is InChI=1S/C20H38N2O6/c1-7-8-17(24)22-15(18(25)26)9-10-16(23)21-13-11-20(4,5)28-14-12-19(2,3)27-6/h15H,7-14H2,1-6H3,(H,21,23)(H,22,24)(H,25,26). The Kier molecular flexibility index (Phi) is 12.0. The molecule has 0 aromatic heterocycles. The van der Waals surface area contributed by atoms with E-state index < -0.39 is 17.6 Å². The molecule has 0 radical (unpaired) electrons. The zero-order chi connectivity index (χ0) is 21.8. The van der Waals surface area contributed by atoms with Crippen LogP contribution in [-0.4, -0.2) is 60.4 Å². The predicted octanol–water partition coefficient (Wildman–Crippen LogP) is 2.25. The fourth-order valence-electron chi connectivity index (χ4n) is 2.37. The second-order valence-corrected chi connectivity index (χ2v) is 8.17. The van der Waals surface area contributed by atoms with Crippen LogP contribution in [0.5, 0.6) is 0 Å². The molecule has 8 nitrogen and oxygen atoms in total. The first-order valence-corrected chi connectivity index (χ1v) is 9.90. The van der Waals surface area contributed by atoms with Crippen LogP contribution in [0.25, 0.3) is 0 Å². The Morgan fingerprint density at radius 1 is 1.00 bits per heavy atom. The lowest BCUT2D eigenvalue weighted by atomic mass is 10.0. The van der Waals surface area contributed by atoms with Gasteiger partial charge in [0.05, 0.1) is 17.8 Å². The van der Waals surface area contributed by atoms with Gasteiger partial charge in [0, 0.05) is 26.5 Å². The lowest BCUT2D eigenvalue weighted by Crippen LogP contribution is -2.41. The van der Waals surface area contributed by atoms with Crippen LogP contribution in [0.3, 0.4) is 0 Å². The van der Waals surface area contributed by atoms with Gasteiger partial charge < -0.3 is 25.2 Å². The van der Waals surface area contributed by atoms with Gasteiger partial charge in [-0.1, -0.05) is 6.92 Å². The fraction of sp³-hybridized carbons (Fsp3) is 0.850. The number of hydrogen-bond donors (Lipinski definition) is 3. The molecular formula is C20H38N2O6. The maximum absolute atomic E-state index is 12.0. The molecule has 0 aliphatic rings. The summed E-state index contributed by atoms with van der Waals surface area (Å²) < 4.78 is 11.2. The van der Waals surface area contributed by atoms with Crippen molar-refractivity contribution >= 4 is 17.8 Å².